The molecule has 3 rings (SSSR count). The van der Waals surface area contributed by atoms with Crippen molar-refractivity contribution in [3.05, 3.63) is 54.6 Å². The van der Waals surface area contributed by atoms with Crippen LogP contribution in [-0.2, 0) is 9.59 Å². The Bertz CT molecular complexity index is 818. The standard InChI is InChI=1S/C24H31N3O4/c1-2-18-30-21-8-10-22(11-9-21)31-19-23(28)25-13-12-24(29)27-16-14-26(15-17-27)20-6-4-3-5-7-20/h3-11H,2,12-19H2,1H3,(H,25,28). The lowest BCUT2D eigenvalue weighted by molar-refractivity contribution is -0.131. The Labute approximate surface area is 183 Å². The molecule has 0 aromatic heterocycles. The van der Waals surface area contributed by atoms with E-state index in [9.17, 15) is 9.59 Å². The summed E-state index contributed by atoms with van der Waals surface area (Å²) in [6.45, 7) is 5.98. The minimum absolute atomic E-state index is 0.0663. The van der Waals surface area contributed by atoms with E-state index in [1.807, 2.05) is 35.2 Å². The van der Waals surface area contributed by atoms with Crippen LogP contribution in [-0.4, -0.2) is 62.7 Å². The van der Waals surface area contributed by atoms with Crippen LogP contribution in [0.2, 0.25) is 0 Å². The molecule has 0 bridgehead atoms. The zero-order valence-electron chi connectivity index (χ0n) is 18.1. The molecule has 0 unspecified atom stereocenters. The van der Waals surface area contributed by atoms with Crippen LogP contribution in [0.25, 0.3) is 0 Å². The molecule has 0 spiro atoms. The van der Waals surface area contributed by atoms with Crippen LogP contribution in [0, 0.1) is 0 Å². The number of ether oxygens (including phenoxy) is 2. The SMILES string of the molecule is CCCOc1ccc(OCC(=O)NCCC(=O)N2CCN(c3ccccc3)CC2)cc1. The molecule has 0 radical (unpaired) electrons. The maximum atomic E-state index is 12.4. The number of nitrogens with one attached hydrogen (secondary N) is 1. The van der Waals surface area contributed by atoms with Gasteiger partial charge in [0.25, 0.3) is 5.91 Å². The van der Waals surface area contributed by atoms with Gasteiger partial charge in [-0.25, -0.2) is 0 Å². The molecular formula is C24H31N3O4. The van der Waals surface area contributed by atoms with Crippen molar-refractivity contribution in [2.24, 2.45) is 0 Å². The van der Waals surface area contributed by atoms with E-state index in [1.165, 1.54) is 5.69 Å². The summed E-state index contributed by atoms with van der Waals surface area (Å²) < 4.78 is 11.0. The Morgan fingerprint density at radius 2 is 1.55 bits per heavy atom. The second-order valence-corrected chi connectivity index (χ2v) is 7.41. The van der Waals surface area contributed by atoms with Crippen molar-refractivity contribution < 1.29 is 19.1 Å². The maximum Gasteiger partial charge on any atom is 0.257 e. The van der Waals surface area contributed by atoms with E-state index >= 15 is 0 Å². The van der Waals surface area contributed by atoms with Crippen molar-refractivity contribution >= 4 is 17.5 Å². The van der Waals surface area contributed by atoms with E-state index in [4.69, 9.17) is 9.47 Å². The first-order valence-electron chi connectivity index (χ1n) is 10.9. The fourth-order valence-corrected chi connectivity index (χ4v) is 3.37. The van der Waals surface area contributed by atoms with Gasteiger partial charge >= 0.3 is 0 Å². The number of hydrogen-bond acceptors (Lipinski definition) is 5. The van der Waals surface area contributed by atoms with Crippen LogP contribution in [0.15, 0.2) is 54.6 Å². The van der Waals surface area contributed by atoms with Gasteiger partial charge in [-0.15, -0.1) is 0 Å². The first-order valence-corrected chi connectivity index (χ1v) is 10.9. The zero-order chi connectivity index (χ0) is 21.9. The van der Waals surface area contributed by atoms with Gasteiger partial charge < -0.3 is 24.6 Å². The van der Waals surface area contributed by atoms with Crippen molar-refractivity contribution in [2.45, 2.75) is 19.8 Å². The number of nitrogens with zero attached hydrogens (tertiary/aromatic N) is 2. The number of rotatable bonds is 10. The maximum absolute atomic E-state index is 12.4. The second kappa shape index (κ2) is 11.8. The molecule has 2 amide bonds. The highest BCUT2D eigenvalue weighted by molar-refractivity contribution is 5.80. The Kier molecular flexibility index (Phi) is 8.58. The third-order valence-corrected chi connectivity index (χ3v) is 5.08. The van der Waals surface area contributed by atoms with Crippen LogP contribution in [0.5, 0.6) is 11.5 Å². The van der Waals surface area contributed by atoms with Crippen molar-refractivity contribution in [3.63, 3.8) is 0 Å². The topological polar surface area (TPSA) is 71.1 Å². The van der Waals surface area contributed by atoms with Crippen LogP contribution >= 0.6 is 0 Å². The fourth-order valence-electron chi connectivity index (χ4n) is 3.37. The number of carbonyl (C=O) groups excluding carboxylic acids is 2. The van der Waals surface area contributed by atoms with Gasteiger partial charge in [-0.1, -0.05) is 25.1 Å². The minimum Gasteiger partial charge on any atom is -0.494 e. The average molecular weight is 426 g/mol. The lowest BCUT2D eigenvalue weighted by Crippen LogP contribution is -2.49. The number of hydrogen-bond donors (Lipinski definition) is 1. The summed E-state index contributed by atoms with van der Waals surface area (Å²) in [6.07, 6.45) is 1.24. The smallest absolute Gasteiger partial charge is 0.257 e. The lowest BCUT2D eigenvalue weighted by atomic mass is 10.2. The average Bonchev–Trinajstić information content (AvgIpc) is 2.82. The first-order chi connectivity index (χ1) is 15.2. The molecule has 7 nitrogen and oxygen atoms in total. The van der Waals surface area contributed by atoms with Crippen LogP contribution in [0.4, 0.5) is 5.69 Å². The zero-order valence-corrected chi connectivity index (χ0v) is 18.1. The van der Waals surface area contributed by atoms with Gasteiger partial charge in [0, 0.05) is 44.8 Å². The Balaban J connectivity index is 1.30. The molecule has 1 aliphatic rings. The summed E-state index contributed by atoms with van der Waals surface area (Å²) in [6, 6.07) is 17.4. The molecule has 1 N–H and O–H groups in total. The lowest BCUT2D eigenvalue weighted by Gasteiger charge is -2.36. The number of benzene rings is 2. The van der Waals surface area contributed by atoms with Gasteiger partial charge in [0.05, 0.1) is 6.61 Å². The number of carbonyl (C=O) groups is 2. The molecule has 0 atom stereocenters. The van der Waals surface area contributed by atoms with Crippen LogP contribution in [0.1, 0.15) is 19.8 Å². The minimum atomic E-state index is -0.243. The summed E-state index contributed by atoms with van der Waals surface area (Å²) in [7, 11) is 0. The Morgan fingerprint density at radius 3 is 2.19 bits per heavy atom. The number of piperazine rings is 1. The third kappa shape index (κ3) is 7.20. The normalized spacial score (nSPS) is 13.6. The molecule has 1 saturated heterocycles. The molecule has 31 heavy (non-hydrogen) atoms. The third-order valence-electron chi connectivity index (χ3n) is 5.08. The van der Waals surface area contributed by atoms with E-state index in [0.29, 0.717) is 38.4 Å². The van der Waals surface area contributed by atoms with Gasteiger partial charge in [-0.2, -0.15) is 0 Å². The van der Waals surface area contributed by atoms with E-state index < -0.39 is 0 Å². The van der Waals surface area contributed by atoms with Crippen molar-refractivity contribution in [3.8, 4) is 11.5 Å². The van der Waals surface area contributed by atoms with Gasteiger partial charge in [0.1, 0.15) is 11.5 Å². The summed E-state index contributed by atoms with van der Waals surface area (Å²) in [5.74, 6) is 1.21. The number of para-hydroxylation sites is 1. The molecule has 1 aliphatic heterocycles. The Hall–Kier alpha value is -3.22. The summed E-state index contributed by atoms with van der Waals surface area (Å²) in [5.41, 5.74) is 1.19. The summed E-state index contributed by atoms with van der Waals surface area (Å²) in [4.78, 5) is 28.6. The van der Waals surface area contributed by atoms with Crippen molar-refractivity contribution in [2.75, 3.05) is 50.8 Å². The van der Waals surface area contributed by atoms with E-state index in [0.717, 1.165) is 25.3 Å². The van der Waals surface area contributed by atoms with Crippen LogP contribution in [0.3, 0.4) is 0 Å². The highest BCUT2D eigenvalue weighted by atomic mass is 16.5. The Morgan fingerprint density at radius 1 is 0.903 bits per heavy atom. The fraction of sp³-hybridized carbons (Fsp3) is 0.417. The van der Waals surface area contributed by atoms with Crippen molar-refractivity contribution in [1.82, 2.24) is 10.2 Å². The molecular weight excluding hydrogens is 394 g/mol. The summed E-state index contributed by atoms with van der Waals surface area (Å²) in [5, 5.41) is 2.75. The molecule has 1 heterocycles. The molecule has 0 saturated carbocycles. The summed E-state index contributed by atoms with van der Waals surface area (Å²) >= 11 is 0. The molecule has 1 fully saturated rings. The number of amides is 2. The highest BCUT2D eigenvalue weighted by Crippen LogP contribution is 2.18. The molecule has 166 valence electrons. The van der Waals surface area contributed by atoms with Gasteiger partial charge in [-0.05, 0) is 42.8 Å². The van der Waals surface area contributed by atoms with Gasteiger partial charge in [0.2, 0.25) is 5.91 Å². The van der Waals surface area contributed by atoms with E-state index in [2.05, 4.69) is 29.3 Å². The molecule has 2 aromatic rings. The van der Waals surface area contributed by atoms with Gasteiger partial charge in [0.15, 0.2) is 6.61 Å². The predicted molar refractivity (Wildman–Crippen MR) is 121 cm³/mol. The second-order valence-electron chi connectivity index (χ2n) is 7.41. The molecule has 2 aromatic carbocycles. The largest absolute Gasteiger partial charge is 0.494 e. The molecule has 7 heteroatoms. The first kappa shape index (κ1) is 22.5. The van der Waals surface area contributed by atoms with Crippen molar-refractivity contribution in [1.29, 1.82) is 0 Å². The van der Waals surface area contributed by atoms with Crippen LogP contribution < -0.4 is 19.7 Å². The quantitative estimate of drug-likeness (QED) is 0.634. The van der Waals surface area contributed by atoms with Gasteiger partial charge in [-0.3, -0.25) is 9.59 Å². The highest BCUT2D eigenvalue weighted by Gasteiger charge is 2.21. The van der Waals surface area contributed by atoms with E-state index in [-0.39, 0.29) is 18.4 Å². The van der Waals surface area contributed by atoms with E-state index in [1.54, 1.807) is 12.1 Å². The number of anilines is 1. The molecule has 0 aliphatic carbocycles. The monoisotopic (exact) mass is 425 g/mol. The predicted octanol–water partition coefficient (Wildman–Crippen LogP) is 2.71.